The summed E-state index contributed by atoms with van der Waals surface area (Å²) in [4.78, 5) is 24.0. The van der Waals surface area contributed by atoms with Crippen molar-refractivity contribution in [2.75, 3.05) is 18.1 Å². The molecule has 1 N–H and O–H groups in total. The molecule has 1 atom stereocenters. The zero-order valence-corrected chi connectivity index (χ0v) is 10.5. The Kier molecular flexibility index (Phi) is 5.66. The molecular weight excluding hydrogens is 226 g/mol. The van der Waals surface area contributed by atoms with E-state index in [0.29, 0.717) is 25.3 Å². The van der Waals surface area contributed by atoms with Crippen LogP contribution in [0.5, 0.6) is 0 Å². The molecule has 1 aliphatic rings. The van der Waals surface area contributed by atoms with Gasteiger partial charge in [-0.3, -0.25) is 9.59 Å². The highest BCUT2D eigenvalue weighted by Crippen LogP contribution is 2.17. The molecule has 1 aliphatic heterocycles. The first-order chi connectivity index (χ1) is 7.61. The van der Waals surface area contributed by atoms with E-state index < -0.39 is 5.97 Å². The monoisotopic (exact) mass is 245 g/mol. The molecule has 16 heavy (non-hydrogen) atoms. The Labute approximate surface area is 100 Å². The highest BCUT2D eigenvalue weighted by atomic mass is 32.2. The number of aliphatic carboxylic acids is 1. The number of carbonyl (C=O) groups is 2. The second kappa shape index (κ2) is 6.78. The Balaban J connectivity index is 2.20. The summed E-state index contributed by atoms with van der Waals surface area (Å²) in [6, 6.07) is 0.325. The van der Waals surface area contributed by atoms with Crippen LogP contribution in [-0.4, -0.2) is 46.0 Å². The van der Waals surface area contributed by atoms with Crippen LogP contribution in [0.1, 0.15) is 32.6 Å². The maximum Gasteiger partial charge on any atom is 0.303 e. The van der Waals surface area contributed by atoms with Crippen molar-refractivity contribution in [1.29, 1.82) is 0 Å². The van der Waals surface area contributed by atoms with Crippen LogP contribution in [0.25, 0.3) is 0 Å². The molecule has 5 heteroatoms. The van der Waals surface area contributed by atoms with Gasteiger partial charge in [-0.15, -0.1) is 0 Å². The lowest BCUT2D eigenvalue weighted by Gasteiger charge is -2.33. The molecule has 0 aromatic heterocycles. The minimum atomic E-state index is -0.782. The summed E-state index contributed by atoms with van der Waals surface area (Å²) >= 11 is 1.88. The number of carboxylic acid groups (broad SMARTS) is 1. The second-order valence-electron chi connectivity index (χ2n) is 4.11. The van der Waals surface area contributed by atoms with Gasteiger partial charge in [0.2, 0.25) is 5.91 Å². The SMILES string of the molecule is CC1CSCCN1C(=O)CCCCC(=O)O. The predicted molar refractivity (Wildman–Crippen MR) is 64.6 cm³/mol. The van der Waals surface area contributed by atoms with Crippen LogP contribution < -0.4 is 0 Å². The third-order valence-electron chi connectivity index (χ3n) is 2.72. The molecule has 0 saturated carbocycles. The first-order valence-corrected chi connectivity index (χ1v) is 6.85. The first-order valence-electron chi connectivity index (χ1n) is 5.70. The number of amides is 1. The van der Waals surface area contributed by atoms with Crippen molar-refractivity contribution in [3.05, 3.63) is 0 Å². The lowest BCUT2D eigenvalue weighted by molar-refractivity contribution is -0.137. The number of carboxylic acids is 1. The maximum absolute atomic E-state index is 11.8. The molecule has 0 bridgehead atoms. The summed E-state index contributed by atoms with van der Waals surface area (Å²) in [5.74, 6) is 1.43. The highest BCUT2D eigenvalue weighted by Gasteiger charge is 2.22. The van der Waals surface area contributed by atoms with E-state index in [1.165, 1.54) is 0 Å². The molecule has 1 unspecified atom stereocenters. The average Bonchev–Trinajstić information content (AvgIpc) is 2.24. The van der Waals surface area contributed by atoms with E-state index >= 15 is 0 Å². The van der Waals surface area contributed by atoms with Crippen molar-refractivity contribution < 1.29 is 14.7 Å². The molecule has 1 amide bonds. The number of unbranched alkanes of at least 4 members (excludes halogenated alkanes) is 1. The van der Waals surface area contributed by atoms with Gasteiger partial charge in [0.05, 0.1) is 0 Å². The molecule has 4 nitrogen and oxygen atoms in total. The van der Waals surface area contributed by atoms with Crippen LogP contribution in [0, 0.1) is 0 Å². The Morgan fingerprint density at radius 1 is 1.38 bits per heavy atom. The molecule has 0 aromatic carbocycles. The van der Waals surface area contributed by atoms with Gasteiger partial charge in [-0.2, -0.15) is 11.8 Å². The molecule has 0 spiro atoms. The topological polar surface area (TPSA) is 57.6 Å². The van der Waals surface area contributed by atoms with Gasteiger partial charge >= 0.3 is 5.97 Å². The van der Waals surface area contributed by atoms with Gasteiger partial charge in [0.25, 0.3) is 0 Å². The molecule has 1 saturated heterocycles. The number of nitrogens with zero attached hydrogens (tertiary/aromatic N) is 1. The van der Waals surface area contributed by atoms with Gasteiger partial charge in [0.15, 0.2) is 0 Å². The Bertz CT molecular complexity index is 258. The summed E-state index contributed by atoms with van der Waals surface area (Å²) in [7, 11) is 0. The van der Waals surface area contributed by atoms with Crippen LogP contribution in [0.3, 0.4) is 0 Å². The second-order valence-corrected chi connectivity index (χ2v) is 5.26. The average molecular weight is 245 g/mol. The third kappa shape index (κ3) is 4.43. The van der Waals surface area contributed by atoms with Crippen LogP contribution in [0.4, 0.5) is 0 Å². The van der Waals surface area contributed by atoms with E-state index in [1.807, 2.05) is 16.7 Å². The lowest BCUT2D eigenvalue weighted by Crippen LogP contribution is -2.44. The smallest absolute Gasteiger partial charge is 0.303 e. The van der Waals surface area contributed by atoms with Gasteiger partial charge in [0, 0.05) is 36.9 Å². The summed E-state index contributed by atoms with van der Waals surface area (Å²) in [5, 5.41) is 8.47. The number of hydrogen-bond donors (Lipinski definition) is 1. The predicted octanol–water partition coefficient (Wildman–Crippen LogP) is 1.60. The Morgan fingerprint density at radius 3 is 2.69 bits per heavy atom. The summed E-state index contributed by atoms with van der Waals surface area (Å²) in [6.07, 6.45) is 1.93. The minimum Gasteiger partial charge on any atom is -0.481 e. The Morgan fingerprint density at radius 2 is 2.06 bits per heavy atom. The number of rotatable bonds is 5. The minimum absolute atomic E-state index is 0.165. The van der Waals surface area contributed by atoms with Gasteiger partial charge < -0.3 is 10.0 Å². The molecule has 0 radical (unpaired) electrons. The maximum atomic E-state index is 11.8. The number of hydrogen-bond acceptors (Lipinski definition) is 3. The normalized spacial score (nSPS) is 20.8. The zero-order chi connectivity index (χ0) is 12.0. The molecule has 1 rings (SSSR count). The van der Waals surface area contributed by atoms with Crippen molar-refractivity contribution in [3.8, 4) is 0 Å². The van der Waals surface area contributed by atoms with Crippen LogP contribution >= 0.6 is 11.8 Å². The van der Waals surface area contributed by atoms with Crippen LogP contribution in [0.2, 0.25) is 0 Å². The molecule has 92 valence electrons. The standard InChI is InChI=1S/C11H19NO3S/c1-9-8-16-7-6-12(9)10(13)4-2-3-5-11(14)15/h9H,2-8H2,1H3,(H,14,15). The van der Waals surface area contributed by atoms with Crippen molar-refractivity contribution in [1.82, 2.24) is 4.90 Å². The Hall–Kier alpha value is -0.710. The van der Waals surface area contributed by atoms with E-state index in [1.54, 1.807) is 0 Å². The largest absolute Gasteiger partial charge is 0.481 e. The summed E-state index contributed by atoms with van der Waals surface area (Å²) in [6.45, 7) is 2.91. The van der Waals surface area contributed by atoms with Gasteiger partial charge in [-0.1, -0.05) is 0 Å². The fourth-order valence-electron chi connectivity index (χ4n) is 1.79. The van der Waals surface area contributed by atoms with Crippen molar-refractivity contribution >= 4 is 23.6 Å². The fraction of sp³-hybridized carbons (Fsp3) is 0.818. The zero-order valence-electron chi connectivity index (χ0n) is 9.65. The highest BCUT2D eigenvalue weighted by molar-refractivity contribution is 7.99. The molecule has 0 aliphatic carbocycles. The van der Waals surface area contributed by atoms with E-state index in [9.17, 15) is 9.59 Å². The van der Waals surface area contributed by atoms with E-state index in [-0.39, 0.29) is 12.3 Å². The number of thioether (sulfide) groups is 1. The number of carbonyl (C=O) groups excluding carboxylic acids is 1. The molecule has 1 fully saturated rings. The van der Waals surface area contributed by atoms with E-state index in [4.69, 9.17) is 5.11 Å². The van der Waals surface area contributed by atoms with E-state index in [2.05, 4.69) is 6.92 Å². The van der Waals surface area contributed by atoms with Crippen molar-refractivity contribution in [3.63, 3.8) is 0 Å². The summed E-state index contributed by atoms with van der Waals surface area (Å²) < 4.78 is 0. The molecular formula is C11H19NO3S. The quantitative estimate of drug-likeness (QED) is 0.747. The molecule has 1 heterocycles. The van der Waals surface area contributed by atoms with Crippen molar-refractivity contribution in [2.24, 2.45) is 0 Å². The van der Waals surface area contributed by atoms with Crippen LogP contribution in [-0.2, 0) is 9.59 Å². The molecule has 0 aromatic rings. The summed E-state index contributed by atoms with van der Waals surface area (Å²) in [5.41, 5.74) is 0. The third-order valence-corrected chi connectivity index (χ3v) is 3.91. The first kappa shape index (κ1) is 13.4. The van der Waals surface area contributed by atoms with Crippen LogP contribution in [0.15, 0.2) is 0 Å². The lowest BCUT2D eigenvalue weighted by atomic mass is 10.1. The van der Waals surface area contributed by atoms with Gasteiger partial charge in [-0.25, -0.2) is 0 Å². The van der Waals surface area contributed by atoms with Crippen molar-refractivity contribution in [2.45, 2.75) is 38.6 Å². The fourth-order valence-corrected chi connectivity index (χ4v) is 2.81. The van der Waals surface area contributed by atoms with Gasteiger partial charge in [-0.05, 0) is 19.8 Å². The van der Waals surface area contributed by atoms with Gasteiger partial charge in [0.1, 0.15) is 0 Å². The van der Waals surface area contributed by atoms with E-state index in [0.717, 1.165) is 18.1 Å².